The standard InChI is InChI=1S/C14H16N6OS/c1-21-8-20-11-6-9(10-7-17-19-18-10)2-3-12(11)22-14-13(20)15-4-5-16-14/h2-6,10,17-19H,7-8H2,1H3. The molecule has 1 aromatic carbocycles. The summed E-state index contributed by atoms with van der Waals surface area (Å²) in [5, 5.41) is 0.905. The van der Waals surface area contributed by atoms with Crippen molar-refractivity contribution in [3.05, 3.63) is 36.2 Å². The number of rotatable bonds is 3. The number of hydrazine groups is 2. The van der Waals surface area contributed by atoms with Crippen LogP contribution in [0.3, 0.4) is 0 Å². The van der Waals surface area contributed by atoms with Crippen LogP contribution in [-0.2, 0) is 4.74 Å². The monoisotopic (exact) mass is 316 g/mol. The van der Waals surface area contributed by atoms with Crippen LogP contribution in [0.1, 0.15) is 11.6 Å². The molecule has 2 aliphatic heterocycles. The average molecular weight is 316 g/mol. The molecule has 0 amide bonds. The molecule has 0 saturated carbocycles. The highest BCUT2D eigenvalue weighted by Gasteiger charge is 2.27. The van der Waals surface area contributed by atoms with E-state index in [4.69, 9.17) is 4.74 Å². The second-order valence-corrected chi connectivity index (χ2v) is 6.09. The van der Waals surface area contributed by atoms with Gasteiger partial charge in [0.15, 0.2) is 5.82 Å². The molecule has 1 atom stereocenters. The van der Waals surface area contributed by atoms with Gasteiger partial charge in [-0.2, -0.15) is 5.53 Å². The third-order valence-electron chi connectivity index (χ3n) is 3.68. The minimum absolute atomic E-state index is 0.239. The quantitative estimate of drug-likeness (QED) is 0.783. The highest BCUT2D eigenvalue weighted by molar-refractivity contribution is 7.99. The maximum absolute atomic E-state index is 5.37. The molecule has 0 spiro atoms. The van der Waals surface area contributed by atoms with Gasteiger partial charge in [0.2, 0.25) is 0 Å². The van der Waals surface area contributed by atoms with Crippen molar-refractivity contribution in [1.29, 1.82) is 0 Å². The van der Waals surface area contributed by atoms with Crippen molar-refractivity contribution in [2.45, 2.75) is 16.0 Å². The Labute approximate surface area is 132 Å². The van der Waals surface area contributed by atoms with Crippen LogP contribution in [0, 0.1) is 0 Å². The number of anilines is 2. The predicted molar refractivity (Wildman–Crippen MR) is 83.6 cm³/mol. The molecule has 1 aromatic heterocycles. The molecule has 22 heavy (non-hydrogen) atoms. The zero-order valence-electron chi connectivity index (χ0n) is 12.0. The first-order valence-electron chi connectivity index (χ1n) is 6.99. The Kier molecular flexibility index (Phi) is 3.68. The molecule has 1 fully saturated rings. The van der Waals surface area contributed by atoms with Gasteiger partial charge in [-0.05, 0) is 17.7 Å². The van der Waals surface area contributed by atoms with E-state index in [2.05, 4.69) is 49.5 Å². The zero-order chi connectivity index (χ0) is 14.9. The molecule has 0 aliphatic carbocycles. The molecule has 0 radical (unpaired) electrons. The molecule has 7 nitrogen and oxygen atoms in total. The molecular weight excluding hydrogens is 300 g/mol. The molecule has 2 aliphatic rings. The van der Waals surface area contributed by atoms with E-state index < -0.39 is 0 Å². The van der Waals surface area contributed by atoms with E-state index in [1.807, 2.05) is 0 Å². The van der Waals surface area contributed by atoms with Gasteiger partial charge in [-0.25, -0.2) is 20.8 Å². The molecular formula is C14H16N6OS. The Bertz CT molecular complexity index is 691. The van der Waals surface area contributed by atoms with Crippen LogP contribution in [0.15, 0.2) is 40.5 Å². The summed E-state index contributed by atoms with van der Waals surface area (Å²) in [6.07, 6.45) is 3.43. The van der Waals surface area contributed by atoms with Gasteiger partial charge >= 0.3 is 0 Å². The van der Waals surface area contributed by atoms with E-state index in [1.165, 1.54) is 5.56 Å². The lowest BCUT2D eigenvalue weighted by Crippen LogP contribution is -2.31. The van der Waals surface area contributed by atoms with E-state index in [-0.39, 0.29) is 6.04 Å². The van der Waals surface area contributed by atoms with E-state index in [1.54, 1.807) is 31.3 Å². The number of hydrogen-bond donors (Lipinski definition) is 3. The molecule has 4 rings (SSSR count). The van der Waals surface area contributed by atoms with Crippen LogP contribution in [0.4, 0.5) is 11.5 Å². The van der Waals surface area contributed by atoms with Crippen molar-refractivity contribution in [3.8, 4) is 0 Å². The van der Waals surface area contributed by atoms with Gasteiger partial charge < -0.3 is 4.74 Å². The van der Waals surface area contributed by atoms with Gasteiger partial charge in [-0.3, -0.25) is 4.90 Å². The fourth-order valence-corrected chi connectivity index (χ4v) is 3.63. The Morgan fingerprint density at radius 1 is 1.36 bits per heavy atom. The summed E-state index contributed by atoms with van der Waals surface area (Å²) in [6.45, 7) is 1.28. The number of nitrogens with one attached hydrogen (secondary N) is 3. The largest absolute Gasteiger partial charge is 0.364 e. The number of aromatic nitrogens is 2. The van der Waals surface area contributed by atoms with Crippen LogP contribution in [0.25, 0.3) is 0 Å². The maximum atomic E-state index is 5.37. The molecule has 3 N–H and O–H groups in total. The number of ether oxygens (including phenoxy) is 1. The van der Waals surface area contributed by atoms with E-state index in [0.717, 1.165) is 28.0 Å². The van der Waals surface area contributed by atoms with Crippen LogP contribution in [-0.4, -0.2) is 30.4 Å². The summed E-state index contributed by atoms with van der Waals surface area (Å²) in [4.78, 5) is 12.1. The van der Waals surface area contributed by atoms with Crippen LogP contribution in [0.5, 0.6) is 0 Å². The lowest BCUT2D eigenvalue weighted by atomic mass is 10.1. The normalized spacial score (nSPS) is 19.9. The topological polar surface area (TPSA) is 74.3 Å². The number of nitrogens with zero attached hydrogens (tertiary/aromatic N) is 3. The van der Waals surface area contributed by atoms with Gasteiger partial charge in [0.25, 0.3) is 0 Å². The first-order valence-corrected chi connectivity index (χ1v) is 7.81. The zero-order valence-corrected chi connectivity index (χ0v) is 12.9. The lowest BCUT2D eigenvalue weighted by Gasteiger charge is -2.30. The molecule has 3 heterocycles. The maximum Gasteiger partial charge on any atom is 0.168 e. The Hall–Kier alpha value is -1.71. The fraction of sp³-hybridized carbons (Fsp3) is 0.286. The van der Waals surface area contributed by atoms with Gasteiger partial charge in [0, 0.05) is 30.9 Å². The third-order valence-corrected chi connectivity index (χ3v) is 4.73. The third kappa shape index (κ3) is 2.34. The summed E-state index contributed by atoms with van der Waals surface area (Å²) in [5.41, 5.74) is 11.5. The van der Waals surface area contributed by atoms with Crippen molar-refractivity contribution in [1.82, 2.24) is 26.4 Å². The Morgan fingerprint density at radius 3 is 3.09 bits per heavy atom. The van der Waals surface area contributed by atoms with Gasteiger partial charge in [-0.15, -0.1) is 0 Å². The van der Waals surface area contributed by atoms with Gasteiger partial charge in [-0.1, -0.05) is 17.8 Å². The smallest absolute Gasteiger partial charge is 0.168 e. The minimum Gasteiger partial charge on any atom is -0.364 e. The van der Waals surface area contributed by atoms with Crippen LogP contribution in [0.2, 0.25) is 0 Å². The Morgan fingerprint density at radius 2 is 2.27 bits per heavy atom. The van der Waals surface area contributed by atoms with Crippen LogP contribution < -0.4 is 21.3 Å². The van der Waals surface area contributed by atoms with E-state index in [9.17, 15) is 0 Å². The summed E-state index contributed by atoms with van der Waals surface area (Å²) >= 11 is 1.64. The van der Waals surface area contributed by atoms with E-state index >= 15 is 0 Å². The predicted octanol–water partition coefficient (Wildman–Crippen LogP) is 1.34. The number of fused-ring (bicyclic) bond motifs is 2. The van der Waals surface area contributed by atoms with Crippen molar-refractivity contribution in [2.75, 3.05) is 25.3 Å². The number of hydrogen-bond acceptors (Lipinski definition) is 8. The second-order valence-electron chi connectivity index (χ2n) is 5.06. The highest BCUT2D eigenvalue weighted by Crippen LogP contribution is 2.46. The fourth-order valence-electron chi connectivity index (χ4n) is 2.64. The SMILES string of the molecule is COCN1c2cc(C3CNNN3)ccc2Sc2nccnc21. The first-order chi connectivity index (χ1) is 10.9. The molecule has 1 unspecified atom stereocenters. The Balaban J connectivity index is 1.77. The van der Waals surface area contributed by atoms with Gasteiger partial charge in [0.1, 0.15) is 11.8 Å². The molecule has 1 saturated heterocycles. The average Bonchev–Trinajstić information content (AvgIpc) is 3.09. The van der Waals surface area contributed by atoms with Crippen molar-refractivity contribution in [3.63, 3.8) is 0 Å². The van der Waals surface area contributed by atoms with E-state index in [0.29, 0.717) is 6.73 Å². The molecule has 2 aromatic rings. The number of methoxy groups -OCH3 is 1. The summed E-state index contributed by atoms with van der Waals surface area (Å²) in [5.74, 6) is 0.842. The molecule has 114 valence electrons. The van der Waals surface area contributed by atoms with Gasteiger partial charge in [0.05, 0.1) is 11.7 Å². The number of benzene rings is 1. The lowest BCUT2D eigenvalue weighted by molar-refractivity contribution is 0.204. The van der Waals surface area contributed by atoms with Crippen LogP contribution >= 0.6 is 11.8 Å². The highest BCUT2D eigenvalue weighted by atomic mass is 32.2. The molecule has 0 bridgehead atoms. The first kappa shape index (κ1) is 13.9. The summed E-state index contributed by atoms with van der Waals surface area (Å²) in [7, 11) is 1.69. The minimum atomic E-state index is 0.239. The molecule has 8 heteroatoms. The summed E-state index contributed by atoms with van der Waals surface area (Å²) in [6, 6.07) is 6.70. The van der Waals surface area contributed by atoms with Crippen molar-refractivity contribution in [2.24, 2.45) is 0 Å². The van der Waals surface area contributed by atoms with Crippen molar-refractivity contribution >= 4 is 23.3 Å². The summed E-state index contributed by atoms with van der Waals surface area (Å²) < 4.78 is 5.37. The second kappa shape index (κ2) is 5.82. The van der Waals surface area contributed by atoms with Crippen molar-refractivity contribution < 1.29 is 4.74 Å².